The molecule has 0 unspecified atom stereocenters. The Labute approximate surface area is 204 Å². The SMILES string of the molecule is CCCn1c(NC(=O)c2cc(C)nn2CC)nc2cc(C(N)=O)cc(CN3CCC4(COC4)C3)c21. The highest BCUT2D eigenvalue weighted by Gasteiger charge is 2.44. The van der Waals surface area contributed by atoms with Crippen LogP contribution in [0.2, 0.25) is 0 Å². The van der Waals surface area contributed by atoms with Crippen molar-refractivity contribution < 1.29 is 14.3 Å². The maximum Gasteiger partial charge on any atom is 0.276 e. The number of likely N-dealkylation sites (tertiary alicyclic amines) is 1. The molecule has 4 heterocycles. The van der Waals surface area contributed by atoms with Crippen LogP contribution in [-0.4, -0.2) is 62.3 Å². The van der Waals surface area contributed by atoms with Crippen LogP contribution in [-0.2, 0) is 24.4 Å². The molecule has 0 bridgehead atoms. The van der Waals surface area contributed by atoms with Gasteiger partial charge in [0.2, 0.25) is 11.9 Å². The number of imidazole rings is 1. The Balaban J connectivity index is 1.53. The van der Waals surface area contributed by atoms with E-state index in [-0.39, 0.29) is 11.3 Å². The summed E-state index contributed by atoms with van der Waals surface area (Å²) in [7, 11) is 0. The van der Waals surface area contributed by atoms with Gasteiger partial charge in [-0.3, -0.25) is 24.5 Å². The lowest BCUT2D eigenvalue weighted by Gasteiger charge is -2.37. The lowest BCUT2D eigenvalue weighted by atomic mass is 9.85. The van der Waals surface area contributed by atoms with Gasteiger partial charge in [-0.15, -0.1) is 0 Å². The Morgan fingerprint density at radius 3 is 2.66 bits per heavy atom. The number of fused-ring (bicyclic) bond motifs is 1. The third-order valence-electron chi connectivity index (χ3n) is 7.04. The number of carbonyl (C=O) groups is 2. The average Bonchev–Trinajstić information content (AvgIpc) is 3.49. The van der Waals surface area contributed by atoms with Gasteiger partial charge in [-0.25, -0.2) is 4.98 Å². The van der Waals surface area contributed by atoms with E-state index >= 15 is 0 Å². The molecule has 186 valence electrons. The molecule has 1 spiro atoms. The molecule has 2 saturated heterocycles. The summed E-state index contributed by atoms with van der Waals surface area (Å²) in [6, 6.07) is 5.37. The van der Waals surface area contributed by atoms with Gasteiger partial charge < -0.3 is 15.0 Å². The first kappa shape index (κ1) is 23.5. The van der Waals surface area contributed by atoms with E-state index < -0.39 is 5.91 Å². The lowest BCUT2D eigenvalue weighted by molar-refractivity contribution is -0.105. The fourth-order valence-corrected chi connectivity index (χ4v) is 5.32. The summed E-state index contributed by atoms with van der Waals surface area (Å²) in [6.07, 6.45) is 1.98. The van der Waals surface area contributed by atoms with Crippen LogP contribution < -0.4 is 11.1 Å². The molecule has 0 atom stereocenters. The molecule has 2 aromatic heterocycles. The smallest absolute Gasteiger partial charge is 0.276 e. The second-order valence-corrected chi connectivity index (χ2v) is 9.85. The van der Waals surface area contributed by atoms with E-state index in [0.29, 0.717) is 42.4 Å². The molecule has 35 heavy (non-hydrogen) atoms. The predicted molar refractivity (Wildman–Crippen MR) is 132 cm³/mol. The van der Waals surface area contributed by atoms with Crippen LogP contribution in [0.3, 0.4) is 0 Å². The molecule has 2 aliphatic rings. The maximum absolute atomic E-state index is 13.2. The number of ether oxygens (including phenoxy) is 1. The number of hydrogen-bond acceptors (Lipinski definition) is 6. The zero-order valence-corrected chi connectivity index (χ0v) is 20.6. The Bertz CT molecular complexity index is 1290. The minimum absolute atomic E-state index is 0.261. The molecule has 1 aromatic carbocycles. The average molecular weight is 480 g/mol. The lowest BCUT2D eigenvalue weighted by Crippen LogP contribution is -2.44. The van der Waals surface area contributed by atoms with Gasteiger partial charge in [-0.2, -0.15) is 5.10 Å². The van der Waals surface area contributed by atoms with Crippen LogP contribution in [0.1, 0.15) is 58.8 Å². The summed E-state index contributed by atoms with van der Waals surface area (Å²) in [5.74, 6) is -0.291. The number of nitrogens with two attached hydrogens (primary N) is 1. The largest absolute Gasteiger partial charge is 0.380 e. The first-order valence-corrected chi connectivity index (χ1v) is 12.3. The minimum atomic E-state index is -0.489. The zero-order chi connectivity index (χ0) is 24.7. The van der Waals surface area contributed by atoms with E-state index in [1.165, 1.54) is 0 Å². The van der Waals surface area contributed by atoms with Crippen molar-refractivity contribution in [2.24, 2.45) is 11.1 Å². The second kappa shape index (κ2) is 9.09. The summed E-state index contributed by atoms with van der Waals surface area (Å²) < 4.78 is 9.21. The molecule has 10 heteroatoms. The van der Waals surface area contributed by atoms with Crippen LogP contribution in [0.15, 0.2) is 18.2 Å². The van der Waals surface area contributed by atoms with Gasteiger partial charge in [0.15, 0.2) is 0 Å². The highest BCUT2D eigenvalue weighted by atomic mass is 16.5. The number of hydrogen-bond donors (Lipinski definition) is 2. The molecule has 0 saturated carbocycles. The number of anilines is 1. The van der Waals surface area contributed by atoms with Crippen LogP contribution in [0.25, 0.3) is 11.0 Å². The zero-order valence-electron chi connectivity index (χ0n) is 20.6. The molecular weight excluding hydrogens is 446 g/mol. The number of primary amides is 1. The monoisotopic (exact) mass is 479 g/mol. The van der Waals surface area contributed by atoms with Crippen molar-refractivity contribution in [3.63, 3.8) is 0 Å². The van der Waals surface area contributed by atoms with Crippen molar-refractivity contribution >= 4 is 28.8 Å². The van der Waals surface area contributed by atoms with Crippen LogP contribution in [0, 0.1) is 12.3 Å². The quantitative estimate of drug-likeness (QED) is 0.512. The molecular formula is C25H33N7O3. The summed E-state index contributed by atoms with van der Waals surface area (Å²) >= 11 is 0. The minimum Gasteiger partial charge on any atom is -0.380 e. The molecule has 3 aromatic rings. The standard InChI is InChI=1S/C25H33N7O3/c1-4-7-31-21-18(12-30-8-6-25(13-30)14-35-15-25)10-17(22(26)33)11-19(21)27-24(31)28-23(34)20-9-16(3)29-32(20)5-2/h9-11H,4-8,12-15H2,1-3H3,(H2,26,33)(H,27,28,34). The van der Waals surface area contributed by atoms with E-state index in [4.69, 9.17) is 15.5 Å². The van der Waals surface area contributed by atoms with E-state index in [9.17, 15) is 9.59 Å². The van der Waals surface area contributed by atoms with Crippen molar-refractivity contribution in [1.82, 2.24) is 24.2 Å². The number of nitrogens with zero attached hydrogens (tertiary/aromatic N) is 5. The highest BCUT2D eigenvalue weighted by Crippen LogP contribution is 2.38. The van der Waals surface area contributed by atoms with Crippen LogP contribution >= 0.6 is 0 Å². The maximum atomic E-state index is 13.2. The van der Waals surface area contributed by atoms with Crippen molar-refractivity contribution in [1.29, 1.82) is 0 Å². The third kappa shape index (κ3) is 4.32. The van der Waals surface area contributed by atoms with E-state index in [1.54, 1.807) is 16.8 Å². The van der Waals surface area contributed by atoms with Gasteiger partial charge in [0.05, 0.1) is 29.9 Å². The fraction of sp³-hybridized carbons (Fsp3) is 0.520. The molecule has 2 fully saturated rings. The summed E-state index contributed by atoms with van der Waals surface area (Å²) in [6.45, 7) is 11.5. The first-order chi connectivity index (χ1) is 16.8. The van der Waals surface area contributed by atoms with Gasteiger partial charge in [0.25, 0.3) is 5.91 Å². The number of nitrogens with one attached hydrogen (secondary N) is 1. The summed E-state index contributed by atoms with van der Waals surface area (Å²) in [5, 5.41) is 7.38. The molecule has 2 aliphatic heterocycles. The van der Waals surface area contributed by atoms with E-state index in [2.05, 4.69) is 22.2 Å². The Morgan fingerprint density at radius 1 is 1.23 bits per heavy atom. The normalized spacial score (nSPS) is 17.2. The molecule has 5 rings (SSSR count). The van der Waals surface area contributed by atoms with Gasteiger partial charge >= 0.3 is 0 Å². The highest BCUT2D eigenvalue weighted by molar-refractivity contribution is 6.03. The number of carbonyl (C=O) groups excluding carboxylic acids is 2. The Hall–Kier alpha value is -3.24. The number of aryl methyl sites for hydroxylation is 3. The van der Waals surface area contributed by atoms with Crippen molar-refractivity contribution in [3.8, 4) is 0 Å². The van der Waals surface area contributed by atoms with Crippen molar-refractivity contribution in [2.75, 3.05) is 31.6 Å². The Kier molecular flexibility index (Phi) is 6.10. The van der Waals surface area contributed by atoms with Crippen molar-refractivity contribution in [3.05, 3.63) is 40.7 Å². The van der Waals surface area contributed by atoms with Crippen LogP contribution in [0.4, 0.5) is 5.95 Å². The topological polar surface area (TPSA) is 120 Å². The van der Waals surface area contributed by atoms with E-state index in [0.717, 1.165) is 55.9 Å². The third-order valence-corrected chi connectivity index (χ3v) is 7.04. The second-order valence-electron chi connectivity index (χ2n) is 9.85. The predicted octanol–water partition coefficient (Wildman–Crippen LogP) is 2.54. The number of aromatic nitrogens is 4. The molecule has 10 nitrogen and oxygen atoms in total. The first-order valence-electron chi connectivity index (χ1n) is 12.3. The molecule has 2 amide bonds. The van der Waals surface area contributed by atoms with Gasteiger partial charge in [-0.1, -0.05) is 6.92 Å². The summed E-state index contributed by atoms with van der Waals surface area (Å²) in [4.78, 5) is 32.5. The number of rotatable bonds is 8. The van der Waals surface area contributed by atoms with Gasteiger partial charge in [0.1, 0.15) is 5.69 Å². The van der Waals surface area contributed by atoms with E-state index in [1.807, 2.05) is 24.5 Å². The van der Waals surface area contributed by atoms with Crippen LogP contribution in [0.5, 0.6) is 0 Å². The summed E-state index contributed by atoms with van der Waals surface area (Å²) in [5.41, 5.74) is 10.2. The van der Waals surface area contributed by atoms with Gasteiger partial charge in [-0.05, 0) is 57.0 Å². The molecule has 0 aliphatic carbocycles. The Morgan fingerprint density at radius 2 is 2.03 bits per heavy atom. The molecule has 3 N–H and O–H groups in total. The van der Waals surface area contributed by atoms with Gasteiger partial charge in [0, 0.05) is 37.2 Å². The number of benzene rings is 1. The number of amides is 2. The molecule has 0 radical (unpaired) electrons. The van der Waals surface area contributed by atoms with Crippen molar-refractivity contribution in [2.45, 2.75) is 53.2 Å². The fourth-order valence-electron chi connectivity index (χ4n) is 5.32.